The fourth-order valence-electron chi connectivity index (χ4n) is 2.50. The second-order valence-electron chi connectivity index (χ2n) is 4.72. The number of nitrogens with zero attached hydrogens (tertiary/aromatic N) is 3. The Bertz CT molecular complexity index is 978. The van der Waals surface area contributed by atoms with Crippen molar-refractivity contribution in [1.82, 2.24) is 14.5 Å². The molecule has 0 amide bonds. The van der Waals surface area contributed by atoms with Gasteiger partial charge in [0.1, 0.15) is 17.7 Å². The van der Waals surface area contributed by atoms with Gasteiger partial charge in [0.2, 0.25) is 0 Å². The quantitative estimate of drug-likeness (QED) is 0.511. The van der Waals surface area contributed by atoms with E-state index in [0.29, 0.717) is 5.69 Å². The van der Waals surface area contributed by atoms with Gasteiger partial charge >= 0.3 is 0 Å². The lowest BCUT2D eigenvalue weighted by Gasteiger charge is -2.07. The van der Waals surface area contributed by atoms with Gasteiger partial charge in [-0.1, -0.05) is 28.1 Å². The Balaban J connectivity index is 2.16. The highest BCUT2D eigenvalue weighted by atomic mass is 79.9. The first-order chi connectivity index (χ1) is 10.2. The summed E-state index contributed by atoms with van der Waals surface area (Å²) in [6.07, 6.45) is 3.34. The van der Waals surface area contributed by atoms with E-state index >= 15 is 0 Å². The third-order valence-corrected chi connectivity index (χ3v) is 3.94. The van der Waals surface area contributed by atoms with Crippen molar-refractivity contribution in [2.75, 3.05) is 0 Å². The summed E-state index contributed by atoms with van der Waals surface area (Å²) in [7, 11) is 0. The van der Waals surface area contributed by atoms with Crippen LogP contribution in [0.25, 0.3) is 27.6 Å². The summed E-state index contributed by atoms with van der Waals surface area (Å²) >= 11 is 3.47. The van der Waals surface area contributed by atoms with E-state index in [9.17, 15) is 4.39 Å². The van der Waals surface area contributed by atoms with Crippen molar-refractivity contribution < 1.29 is 4.39 Å². The number of hydrogen-bond donors (Lipinski definition) is 0. The number of halogens is 2. The lowest BCUT2D eigenvalue weighted by Crippen LogP contribution is -1.96. The van der Waals surface area contributed by atoms with Gasteiger partial charge < -0.3 is 0 Å². The largest absolute Gasteiger partial charge is 0.295 e. The molecule has 2 heterocycles. The van der Waals surface area contributed by atoms with Crippen LogP contribution in [0.15, 0.2) is 59.5 Å². The topological polar surface area (TPSA) is 30.7 Å². The number of hydrogen-bond acceptors (Lipinski definition) is 2. The van der Waals surface area contributed by atoms with E-state index in [2.05, 4.69) is 25.9 Å². The van der Waals surface area contributed by atoms with Crippen LogP contribution >= 0.6 is 15.9 Å². The van der Waals surface area contributed by atoms with Crippen molar-refractivity contribution >= 4 is 37.9 Å². The van der Waals surface area contributed by atoms with Crippen LogP contribution in [0.4, 0.5) is 4.39 Å². The minimum absolute atomic E-state index is 0.281. The Morgan fingerprint density at radius 2 is 1.86 bits per heavy atom. The molecule has 0 saturated heterocycles. The first-order valence-corrected chi connectivity index (χ1v) is 7.19. The maximum absolute atomic E-state index is 14.1. The fourth-order valence-corrected chi connectivity index (χ4v) is 2.86. The van der Waals surface area contributed by atoms with Crippen molar-refractivity contribution in [3.05, 3.63) is 65.3 Å². The van der Waals surface area contributed by atoms with E-state index < -0.39 is 0 Å². The number of para-hydroxylation sites is 1. The molecule has 3 nitrogen and oxygen atoms in total. The minimum Gasteiger partial charge on any atom is -0.295 e. The number of benzene rings is 2. The summed E-state index contributed by atoms with van der Waals surface area (Å²) in [6.45, 7) is 0. The van der Waals surface area contributed by atoms with E-state index in [-0.39, 0.29) is 5.82 Å². The predicted octanol–water partition coefficient (Wildman–Crippen LogP) is 4.48. The molecule has 102 valence electrons. The van der Waals surface area contributed by atoms with Crippen LogP contribution in [0.2, 0.25) is 0 Å². The van der Waals surface area contributed by atoms with Crippen LogP contribution in [0.3, 0.4) is 0 Å². The smallest absolute Gasteiger partial charge is 0.147 e. The molecule has 4 aromatic rings. The van der Waals surface area contributed by atoms with Gasteiger partial charge in [-0.15, -0.1) is 0 Å². The first-order valence-electron chi connectivity index (χ1n) is 6.40. The molecule has 0 bridgehead atoms. The molecule has 0 aliphatic rings. The number of fused-ring (bicyclic) bond motifs is 3. The molecular formula is C16H9BrFN3. The third-order valence-electron chi connectivity index (χ3n) is 3.45. The normalized spacial score (nSPS) is 11.3. The van der Waals surface area contributed by atoms with Crippen molar-refractivity contribution in [2.45, 2.75) is 0 Å². The van der Waals surface area contributed by atoms with Crippen LogP contribution in [-0.2, 0) is 0 Å². The zero-order valence-electron chi connectivity index (χ0n) is 10.8. The standard InChI is InChI=1S/C16H9BrFN3/c17-10-5-6-13-11(7-10)16-14(8-19-13)20-9-21(16)15-4-2-1-3-12(15)18/h1-9H. The molecule has 0 N–H and O–H groups in total. The molecule has 0 saturated carbocycles. The van der Waals surface area contributed by atoms with Gasteiger partial charge in [0.05, 0.1) is 22.9 Å². The Labute approximate surface area is 128 Å². The highest BCUT2D eigenvalue weighted by molar-refractivity contribution is 9.10. The van der Waals surface area contributed by atoms with Gasteiger partial charge in [0.15, 0.2) is 0 Å². The van der Waals surface area contributed by atoms with Crippen molar-refractivity contribution in [3.8, 4) is 5.69 Å². The Hall–Kier alpha value is -2.27. The number of imidazole rings is 1. The van der Waals surface area contributed by atoms with Crippen molar-refractivity contribution in [2.24, 2.45) is 0 Å². The molecule has 0 unspecified atom stereocenters. The molecule has 4 rings (SSSR count). The summed E-state index contributed by atoms with van der Waals surface area (Å²) in [6, 6.07) is 12.5. The number of rotatable bonds is 1. The average Bonchev–Trinajstić information content (AvgIpc) is 2.92. The maximum Gasteiger partial charge on any atom is 0.147 e. The van der Waals surface area contributed by atoms with Gasteiger partial charge in [-0.3, -0.25) is 9.55 Å². The molecule has 0 fully saturated rings. The Morgan fingerprint density at radius 1 is 1.00 bits per heavy atom. The zero-order valence-corrected chi connectivity index (χ0v) is 12.4. The Kier molecular flexibility index (Phi) is 2.75. The maximum atomic E-state index is 14.1. The van der Waals surface area contributed by atoms with E-state index in [1.165, 1.54) is 6.07 Å². The van der Waals surface area contributed by atoms with E-state index in [1.807, 2.05) is 24.3 Å². The highest BCUT2D eigenvalue weighted by Crippen LogP contribution is 2.28. The molecule has 0 aliphatic heterocycles. The third kappa shape index (κ3) is 1.93. The average molecular weight is 342 g/mol. The fraction of sp³-hybridized carbons (Fsp3) is 0. The first kappa shape index (κ1) is 12.5. The molecule has 5 heteroatoms. The lowest BCUT2D eigenvalue weighted by molar-refractivity contribution is 0.619. The van der Waals surface area contributed by atoms with Gasteiger partial charge in [0.25, 0.3) is 0 Å². The van der Waals surface area contributed by atoms with E-state index in [1.54, 1.807) is 29.2 Å². The second kappa shape index (κ2) is 4.63. The van der Waals surface area contributed by atoms with Crippen LogP contribution < -0.4 is 0 Å². The molecule has 0 aliphatic carbocycles. The van der Waals surface area contributed by atoms with E-state index in [0.717, 1.165) is 26.4 Å². The van der Waals surface area contributed by atoms with Crippen LogP contribution in [0, 0.1) is 5.82 Å². The second-order valence-corrected chi connectivity index (χ2v) is 5.64. The molecule has 0 atom stereocenters. The summed E-state index contributed by atoms with van der Waals surface area (Å²) in [5, 5.41) is 0.933. The predicted molar refractivity (Wildman–Crippen MR) is 84.0 cm³/mol. The highest BCUT2D eigenvalue weighted by Gasteiger charge is 2.12. The number of pyridine rings is 1. The SMILES string of the molecule is Fc1ccccc1-n1cnc2cnc3ccc(Br)cc3c21. The summed E-state index contributed by atoms with van der Waals surface area (Å²) < 4.78 is 16.8. The summed E-state index contributed by atoms with van der Waals surface area (Å²) in [5.41, 5.74) is 2.92. The van der Waals surface area contributed by atoms with Gasteiger partial charge in [-0.2, -0.15) is 0 Å². The zero-order chi connectivity index (χ0) is 14.4. The number of aromatic nitrogens is 3. The van der Waals surface area contributed by atoms with Gasteiger partial charge in [-0.05, 0) is 30.3 Å². The molecule has 0 spiro atoms. The molecule has 2 aromatic carbocycles. The lowest BCUT2D eigenvalue weighted by atomic mass is 10.2. The van der Waals surface area contributed by atoms with Gasteiger partial charge in [0, 0.05) is 9.86 Å². The van der Waals surface area contributed by atoms with Gasteiger partial charge in [-0.25, -0.2) is 9.37 Å². The summed E-state index contributed by atoms with van der Waals surface area (Å²) in [4.78, 5) is 8.72. The molecular weight excluding hydrogens is 333 g/mol. The monoisotopic (exact) mass is 341 g/mol. The molecule has 2 aromatic heterocycles. The van der Waals surface area contributed by atoms with Crippen molar-refractivity contribution in [3.63, 3.8) is 0 Å². The van der Waals surface area contributed by atoms with Crippen LogP contribution in [0.5, 0.6) is 0 Å². The van der Waals surface area contributed by atoms with Crippen LogP contribution in [0.1, 0.15) is 0 Å². The summed E-state index contributed by atoms with van der Waals surface area (Å²) in [5.74, 6) is -0.281. The van der Waals surface area contributed by atoms with Crippen molar-refractivity contribution in [1.29, 1.82) is 0 Å². The Morgan fingerprint density at radius 3 is 2.71 bits per heavy atom. The minimum atomic E-state index is -0.281. The van der Waals surface area contributed by atoms with Crippen LogP contribution in [-0.4, -0.2) is 14.5 Å². The van der Waals surface area contributed by atoms with E-state index in [4.69, 9.17) is 0 Å². The molecule has 0 radical (unpaired) electrons. The molecule has 21 heavy (non-hydrogen) atoms.